The molecule has 0 aliphatic carbocycles. The molecule has 1 N–H and O–H groups in total. The number of hydrogen-bond donors (Lipinski definition) is 1. The summed E-state index contributed by atoms with van der Waals surface area (Å²) in [5.41, 5.74) is -1.86. The second-order valence-corrected chi connectivity index (χ2v) is 1.88. The molecule has 0 heterocycles. The lowest BCUT2D eigenvalue weighted by Crippen LogP contribution is -2.27. The first kappa shape index (κ1) is 7.89. The van der Waals surface area contributed by atoms with E-state index in [4.69, 9.17) is 10.4 Å². The summed E-state index contributed by atoms with van der Waals surface area (Å²) in [6, 6.07) is 1.35. The maximum Gasteiger partial charge on any atom is 0.326 e. The van der Waals surface area contributed by atoms with Gasteiger partial charge in [0.1, 0.15) is 6.67 Å². The molecule has 0 saturated heterocycles. The molecule has 0 unspecified atom stereocenters. The van der Waals surface area contributed by atoms with E-state index in [1.54, 1.807) is 0 Å². The molecular weight excluding hydrogens is 125 g/mol. The zero-order valence-electron chi connectivity index (χ0n) is 4.89. The van der Waals surface area contributed by atoms with E-state index in [-0.39, 0.29) is 0 Å². The Hall–Kier alpha value is -1.11. The third kappa shape index (κ3) is 1.39. The van der Waals surface area contributed by atoms with Gasteiger partial charge in [-0.05, 0) is 6.92 Å². The van der Waals surface area contributed by atoms with Crippen LogP contribution in [0.4, 0.5) is 4.39 Å². The maximum absolute atomic E-state index is 11.7. The number of aliphatic carboxylic acids is 1. The van der Waals surface area contributed by atoms with Crippen LogP contribution in [0.15, 0.2) is 0 Å². The number of rotatable bonds is 2. The van der Waals surface area contributed by atoms with Crippen molar-refractivity contribution in [1.29, 1.82) is 5.26 Å². The zero-order chi connectivity index (χ0) is 7.49. The molecule has 0 aliphatic heterocycles. The van der Waals surface area contributed by atoms with E-state index in [1.807, 2.05) is 0 Å². The van der Waals surface area contributed by atoms with Gasteiger partial charge >= 0.3 is 5.97 Å². The summed E-state index contributed by atoms with van der Waals surface area (Å²) in [6.45, 7) is -0.117. The van der Waals surface area contributed by atoms with E-state index in [0.717, 1.165) is 6.92 Å². The van der Waals surface area contributed by atoms with Crippen molar-refractivity contribution in [2.24, 2.45) is 5.41 Å². The van der Waals surface area contributed by atoms with Gasteiger partial charge in [0, 0.05) is 0 Å². The van der Waals surface area contributed by atoms with Crippen LogP contribution in [-0.2, 0) is 4.79 Å². The monoisotopic (exact) mass is 131 g/mol. The Morgan fingerprint density at radius 3 is 2.44 bits per heavy atom. The Bertz CT molecular complexity index is 163. The predicted molar refractivity (Wildman–Crippen MR) is 27.3 cm³/mol. The van der Waals surface area contributed by atoms with Crippen molar-refractivity contribution in [3.63, 3.8) is 0 Å². The van der Waals surface area contributed by atoms with Crippen molar-refractivity contribution in [2.45, 2.75) is 6.92 Å². The molecule has 9 heavy (non-hydrogen) atoms. The van der Waals surface area contributed by atoms with Gasteiger partial charge in [-0.2, -0.15) is 5.26 Å². The number of alkyl halides is 1. The minimum absolute atomic E-state index is 1.04. The first-order valence-electron chi connectivity index (χ1n) is 2.27. The average Bonchev–Trinajstić information content (AvgIpc) is 1.86. The normalized spacial score (nSPS) is 15.7. The lowest BCUT2D eigenvalue weighted by molar-refractivity contribution is -0.145. The van der Waals surface area contributed by atoms with E-state index < -0.39 is 18.1 Å². The topological polar surface area (TPSA) is 61.1 Å². The van der Waals surface area contributed by atoms with Gasteiger partial charge in [0.2, 0.25) is 0 Å². The van der Waals surface area contributed by atoms with E-state index in [1.165, 1.54) is 6.07 Å². The second-order valence-electron chi connectivity index (χ2n) is 1.88. The molecule has 50 valence electrons. The molecule has 0 bridgehead atoms. The van der Waals surface area contributed by atoms with Crippen molar-refractivity contribution in [3.05, 3.63) is 0 Å². The molecule has 0 aromatic heterocycles. The molecular formula is C5H6FNO2. The van der Waals surface area contributed by atoms with Crippen LogP contribution in [0.25, 0.3) is 0 Å². The SMILES string of the molecule is C[C@](C#N)(CF)C(=O)O. The van der Waals surface area contributed by atoms with Gasteiger partial charge in [0.15, 0.2) is 5.41 Å². The van der Waals surface area contributed by atoms with E-state index in [2.05, 4.69) is 0 Å². The zero-order valence-corrected chi connectivity index (χ0v) is 4.89. The van der Waals surface area contributed by atoms with Crippen LogP contribution >= 0.6 is 0 Å². The van der Waals surface area contributed by atoms with Crippen LogP contribution in [0.5, 0.6) is 0 Å². The molecule has 0 aromatic carbocycles. The lowest BCUT2D eigenvalue weighted by atomic mass is 9.95. The lowest BCUT2D eigenvalue weighted by Gasteiger charge is -2.08. The number of carboxylic acid groups (broad SMARTS) is 1. The van der Waals surface area contributed by atoms with Gasteiger partial charge in [0.25, 0.3) is 0 Å². The maximum atomic E-state index is 11.7. The molecule has 0 rings (SSSR count). The second kappa shape index (κ2) is 2.44. The Morgan fingerprint density at radius 2 is 2.44 bits per heavy atom. The number of halogens is 1. The van der Waals surface area contributed by atoms with Gasteiger partial charge in [-0.1, -0.05) is 0 Å². The molecule has 0 spiro atoms. The van der Waals surface area contributed by atoms with Crippen molar-refractivity contribution < 1.29 is 14.3 Å². The summed E-state index contributed by atoms with van der Waals surface area (Å²) in [7, 11) is 0. The Labute approximate surface area is 51.7 Å². The van der Waals surface area contributed by atoms with E-state index in [9.17, 15) is 9.18 Å². The van der Waals surface area contributed by atoms with Crippen molar-refractivity contribution in [3.8, 4) is 6.07 Å². The van der Waals surface area contributed by atoms with Crippen LogP contribution in [0.1, 0.15) is 6.92 Å². The molecule has 0 fully saturated rings. The first-order chi connectivity index (χ1) is 4.06. The fourth-order valence-corrected chi connectivity index (χ4v) is 0.135. The Kier molecular flexibility index (Phi) is 2.14. The van der Waals surface area contributed by atoms with Gasteiger partial charge in [-0.3, -0.25) is 4.79 Å². The molecule has 4 heteroatoms. The quantitative estimate of drug-likeness (QED) is 0.595. The number of nitrogens with zero attached hydrogens (tertiary/aromatic N) is 1. The van der Waals surface area contributed by atoms with Crippen molar-refractivity contribution in [2.75, 3.05) is 6.67 Å². The molecule has 1 atom stereocenters. The van der Waals surface area contributed by atoms with Gasteiger partial charge in [-0.25, -0.2) is 4.39 Å². The number of carbonyl (C=O) groups is 1. The van der Waals surface area contributed by atoms with Crippen LogP contribution in [0, 0.1) is 16.7 Å². The molecule has 0 saturated carbocycles. The van der Waals surface area contributed by atoms with Crippen LogP contribution in [0.2, 0.25) is 0 Å². The van der Waals surface area contributed by atoms with Crippen LogP contribution in [-0.4, -0.2) is 17.8 Å². The molecule has 0 radical (unpaired) electrons. The number of nitriles is 1. The number of carboxylic acids is 1. The van der Waals surface area contributed by atoms with Crippen molar-refractivity contribution >= 4 is 5.97 Å². The highest BCUT2D eigenvalue weighted by Crippen LogP contribution is 2.14. The standard InChI is InChI=1S/C5H6FNO2/c1-5(2-6,3-7)4(8)9/h2H2,1H3,(H,8,9)/t5-/m1/s1. The summed E-state index contributed by atoms with van der Waals surface area (Å²) in [5, 5.41) is 16.3. The summed E-state index contributed by atoms with van der Waals surface area (Å²) in [6.07, 6.45) is 0. The predicted octanol–water partition coefficient (Wildman–Crippen LogP) is 0.570. The Balaban J connectivity index is 4.33. The highest BCUT2D eigenvalue weighted by atomic mass is 19.1. The highest BCUT2D eigenvalue weighted by Gasteiger charge is 2.33. The van der Waals surface area contributed by atoms with Crippen LogP contribution < -0.4 is 0 Å². The van der Waals surface area contributed by atoms with Crippen LogP contribution in [0.3, 0.4) is 0 Å². The summed E-state index contributed by atoms with van der Waals surface area (Å²) in [5.74, 6) is -1.42. The molecule has 3 nitrogen and oxygen atoms in total. The third-order valence-electron chi connectivity index (χ3n) is 0.986. The van der Waals surface area contributed by atoms with Gasteiger partial charge in [-0.15, -0.1) is 0 Å². The summed E-state index contributed by atoms with van der Waals surface area (Å²) in [4.78, 5) is 10.0. The molecule has 0 aromatic rings. The fraction of sp³-hybridized carbons (Fsp3) is 0.600. The number of hydrogen-bond acceptors (Lipinski definition) is 2. The first-order valence-corrected chi connectivity index (χ1v) is 2.27. The van der Waals surface area contributed by atoms with Gasteiger partial charge < -0.3 is 5.11 Å². The smallest absolute Gasteiger partial charge is 0.326 e. The highest BCUT2D eigenvalue weighted by molar-refractivity contribution is 5.77. The van der Waals surface area contributed by atoms with Crippen molar-refractivity contribution in [1.82, 2.24) is 0 Å². The van der Waals surface area contributed by atoms with E-state index >= 15 is 0 Å². The van der Waals surface area contributed by atoms with E-state index in [0.29, 0.717) is 0 Å². The summed E-state index contributed by atoms with van der Waals surface area (Å²) >= 11 is 0. The Morgan fingerprint density at radius 1 is 2.00 bits per heavy atom. The van der Waals surface area contributed by atoms with Gasteiger partial charge in [0.05, 0.1) is 6.07 Å². The fourth-order valence-electron chi connectivity index (χ4n) is 0.135. The molecule has 0 amide bonds. The minimum Gasteiger partial charge on any atom is -0.480 e. The minimum atomic E-state index is -1.86. The molecule has 0 aliphatic rings. The summed E-state index contributed by atoms with van der Waals surface area (Å²) < 4.78 is 11.7. The third-order valence-corrected chi connectivity index (χ3v) is 0.986. The average molecular weight is 131 g/mol. The largest absolute Gasteiger partial charge is 0.480 e.